The van der Waals surface area contributed by atoms with Gasteiger partial charge >= 0.3 is 0 Å². The van der Waals surface area contributed by atoms with E-state index in [-0.39, 0.29) is 12.7 Å². The Hall–Kier alpha value is -3.08. The third kappa shape index (κ3) is 2.75. The average Bonchev–Trinajstić information content (AvgIpc) is 3.42. The van der Waals surface area contributed by atoms with Crippen molar-refractivity contribution in [3.05, 3.63) is 65.9 Å². The number of carbonyl (C=O) groups is 1. The van der Waals surface area contributed by atoms with Crippen molar-refractivity contribution in [2.45, 2.75) is 25.4 Å². The minimum atomic E-state index is 0.0309. The predicted molar refractivity (Wildman–Crippen MR) is 97.2 cm³/mol. The van der Waals surface area contributed by atoms with Gasteiger partial charge in [-0.1, -0.05) is 24.3 Å². The molecule has 0 unspecified atom stereocenters. The molecule has 130 valence electrons. The van der Waals surface area contributed by atoms with Gasteiger partial charge in [-0.05, 0) is 42.7 Å². The molecule has 2 aliphatic rings. The quantitative estimate of drug-likeness (QED) is 0.722. The third-order valence-electron chi connectivity index (χ3n) is 4.88. The monoisotopic (exact) mass is 346 g/mol. The molecule has 1 aliphatic carbocycles. The normalized spacial score (nSPS) is 15.2. The Bertz CT molecular complexity index is 997. The fraction of sp³-hybridized carbons (Fsp3) is 0.238. The first kappa shape index (κ1) is 15.2. The number of para-hydroxylation sites is 1. The van der Waals surface area contributed by atoms with E-state index in [9.17, 15) is 4.79 Å². The third-order valence-corrected chi connectivity index (χ3v) is 4.88. The SMILES string of the molecule is O=C(c1cnc2ccccc2c1)N(Cc1ccc2c(c1)OCO2)C1CC1. The maximum Gasteiger partial charge on any atom is 0.255 e. The summed E-state index contributed by atoms with van der Waals surface area (Å²) in [7, 11) is 0. The van der Waals surface area contributed by atoms with Gasteiger partial charge in [0.05, 0.1) is 11.1 Å². The number of ether oxygens (including phenoxy) is 2. The topological polar surface area (TPSA) is 51.7 Å². The van der Waals surface area contributed by atoms with Crippen LogP contribution in [0.2, 0.25) is 0 Å². The van der Waals surface area contributed by atoms with Gasteiger partial charge in [-0.15, -0.1) is 0 Å². The number of pyridine rings is 1. The van der Waals surface area contributed by atoms with E-state index in [0.717, 1.165) is 40.8 Å². The highest BCUT2D eigenvalue weighted by atomic mass is 16.7. The van der Waals surface area contributed by atoms with Crippen molar-refractivity contribution in [1.29, 1.82) is 0 Å². The first-order valence-corrected chi connectivity index (χ1v) is 8.82. The zero-order valence-electron chi connectivity index (χ0n) is 14.2. The van der Waals surface area contributed by atoms with Gasteiger partial charge in [-0.3, -0.25) is 9.78 Å². The number of nitrogens with zero attached hydrogens (tertiary/aromatic N) is 2. The first-order valence-electron chi connectivity index (χ1n) is 8.82. The minimum absolute atomic E-state index is 0.0309. The van der Waals surface area contributed by atoms with Crippen LogP contribution in [-0.2, 0) is 6.54 Å². The lowest BCUT2D eigenvalue weighted by atomic mass is 10.1. The Morgan fingerprint density at radius 1 is 1.08 bits per heavy atom. The zero-order chi connectivity index (χ0) is 17.5. The molecule has 0 radical (unpaired) electrons. The molecule has 1 amide bonds. The van der Waals surface area contributed by atoms with E-state index in [1.807, 2.05) is 53.4 Å². The highest BCUT2D eigenvalue weighted by Gasteiger charge is 2.33. The molecule has 26 heavy (non-hydrogen) atoms. The number of amides is 1. The van der Waals surface area contributed by atoms with Crippen molar-refractivity contribution >= 4 is 16.8 Å². The van der Waals surface area contributed by atoms with Gasteiger partial charge in [0.15, 0.2) is 11.5 Å². The van der Waals surface area contributed by atoms with Gasteiger partial charge in [0, 0.05) is 24.2 Å². The second-order valence-electron chi connectivity index (χ2n) is 6.77. The molecule has 0 N–H and O–H groups in total. The van der Waals surface area contributed by atoms with Crippen molar-refractivity contribution in [2.24, 2.45) is 0 Å². The summed E-state index contributed by atoms with van der Waals surface area (Å²) in [6.45, 7) is 0.819. The van der Waals surface area contributed by atoms with E-state index in [2.05, 4.69) is 4.98 Å². The van der Waals surface area contributed by atoms with Crippen LogP contribution in [0, 0.1) is 0 Å². The molecular weight excluding hydrogens is 328 g/mol. The Balaban J connectivity index is 1.43. The lowest BCUT2D eigenvalue weighted by Crippen LogP contribution is -2.32. The fourth-order valence-electron chi connectivity index (χ4n) is 3.34. The van der Waals surface area contributed by atoms with Gasteiger partial charge in [-0.25, -0.2) is 0 Å². The minimum Gasteiger partial charge on any atom is -0.454 e. The summed E-state index contributed by atoms with van der Waals surface area (Å²) in [6.07, 6.45) is 3.79. The molecule has 0 saturated heterocycles. The summed E-state index contributed by atoms with van der Waals surface area (Å²) < 4.78 is 10.8. The largest absolute Gasteiger partial charge is 0.454 e. The number of carbonyl (C=O) groups excluding carboxylic acids is 1. The van der Waals surface area contributed by atoms with Crippen LogP contribution in [-0.4, -0.2) is 28.6 Å². The summed E-state index contributed by atoms with van der Waals surface area (Å²) >= 11 is 0. The van der Waals surface area contributed by atoms with Gasteiger partial charge in [0.2, 0.25) is 6.79 Å². The molecule has 1 aliphatic heterocycles. The van der Waals surface area contributed by atoms with Crippen LogP contribution in [0.5, 0.6) is 11.5 Å². The molecule has 5 heteroatoms. The number of fused-ring (bicyclic) bond motifs is 2. The second-order valence-corrected chi connectivity index (χ2v) is 6.77. The molecule has 2 aromatic carbocycles. The van der Waals surface area contributed by atoms with Gasteiger partial charge in [-0.2, -0.15) is 0 Å². The highest BCUT2D eigenvalue weighted by Crippen LogP contribution is 2.35. The first-order chi connectivity index (χ1) is 12.8. The van der Waals surface area contributed by atoms with Crippen molar-refractivity contribution in [2.75, 3.05) is 6.79 Å². The summed E-state index contributed by atoms with van der Waals surface area (Å²) in [5.74, 6) is 1.54. The van der Waals surface area contributed by atoms with Crippen LogP contribution in [0.15, 0.2) is 54.7 Å². The van der Waals surface area contributed by atoms with E-state index >= 15 is 0 Å². The lowest BCUT2D eigenvalue weighted by Gasteiger charge is -2.23. The second kappa shape index (κ2) is 6.02. The Morgan fingerprint density at radius 3 is 2.81 bits per heavy atom. The van der Waals surface area contributed by atoms with Gasteiger partial charge < -0.3 is 14.4 Å². The Kier molecular flexibility index (Phi) is 3.52. The predicted octanol–water partition coefficient (Wildman–Crippen LogP) is 3.77. The van der Waals surface area contributed by atoms with E-state index in [1.165, 1.54) is 0 Å². The smallest absolute Gasteiger partial charge is 0.255 e. The van der Waals surface area contributed by atoms with Crippen molar-refractivity contribution in [3.63, 3.8) is 0 Å². The summed E-state index contributed by atoms with van der Waals surface area (Å²) in [4.78, 5) is 19.5. The van der Waals surface area contributed by atoms with Crippen LogP contribution in [0.3, 0.4) is 0 Å². The maximum atomic E-state index is 13.1. The number of hydrogen-bond donors (Lipinski definition) is 0. The fourth-order valence-corrected chi connectivity index (χ4v) is 3.34. The van der Waals surface area contributed by atoms with E-state index in [4.69, 9.17) is 9.47 Å². The molecule has 1 aromatic heterocycles. The van der Waals surface area contributed by atoms with Crippen LogP contribution in [0.25, 0.3) is 10.9 Å². The molecule has 5 nitrogen and oxygen atoms in total. The summed E-state index contributed by atoms with van der Waals surface area (Å²) in [6, 6.07) is 16.0. The van der Waals surface area contributed by atoms with Gasteiger partial charge in [0.25, 0.3) is 5.91 Å². The molecule has 0 atom stereocenters. The Morgan fingerprint density at radius 2 is 1.92 bits per heavy atom. The molecular formula is C21H18N2O3. The van der Waals surface area contributed by atoms with E-state index in [0.29, 0.717) is 18.2 Å². The lowest BCUT2D eigenvalue weighted by molar-refractivity contribution is 0.0729. The molecule has 0 spiro atoms. The highest BCUT2D eigenvalue weighted by molar-refractivity contribution is 5.97. The maximum absolute atomic E-state index is 13.1. The van der Waals surface area contributed by atoms with Crippen molar-refractivity contribution < 1.29 is 14.3 Å². The van der Waals surface area contributed by atoms with Gasteiger partial charge in [0.1, 0.15) is 0 Å². The Labute approximate surface area is 151 Å². The van der Waals surface area contributed by atoms with Crippen LogP contribution >= 0.6 is 0 Å². The van der Waals surface area contributed by atoms with Crippen LogP contribution < -0.4 is 9.47 Å². The van der Waals surface area contributed by atoms with Crippen molar-refractivity contribution in [1.82, 2.24) is 9.88 Å². The number of hydrogen-bond acceptors (Lipinski definition) is 4. The number of rotatable bonds is 4. The number of benzene rings is 2. The summed E-state index contributed by atoms with van der Waals surface area (Å²) in [5.41, 5.74) is 2.58. The standard InChI is InChI=1S/C21H18N2O3/c24-21(16-10-15-3-1-2-4-18(15)22-11-16)23(17-6-7-17)12-14-5-8-19-20(9-14)26-13-25-19/h1-5,8-11,17H,6-7,12-13H2. The van der Waals surface area contributed by atoms with Crippen LogP contribution in [0.1, 0.15) is 28.8 Å². The van der Waals surface area contributed by atoms with E-state index < -0.39 is 0 Å². The van der Waals surface area contributed by atoms with Crippen molar-refractivity contribution in [3.8, 4) is 11.5 Å². The number of aromatic nitrogens is 1. The molecule has 3 aromatic rings. The molecule has 1 fully saturated rings. The van der Waals surface area contributed by atoms with Crippen LogP contribution in [0.4, 0.5) is 0 Å². The average molecular weight is 346 g/mol. The zero-order valence-corrected chi connectivity index (χ0v) is 14.2. The molecule has 5 rings (SSSR count). The molecule has 2 heterocycles. The summed E-state index contributed by atoms with van der Waals surface area (Å²) in [5, 5.41) is 0.983. The van der Waals surface area contributed by atoms with E-state index in [1.54, 1.807) is 6.20 Å². The molecule has 1 saturated carbocycles. The molecule has 0 bridgehead atoms.